The highest BCUT2D eigenvalue weighted by molar-refractivity contribution is 5.96. The Bertz CT molecular complexity index is 3100. The number of aryl methyl sites for hydroxylation is 6. The van der Waals surface area contributed by atoms with Crippen LogP contribution >= 0.6 is 0 Å². The Kier molecular flexibility index (Phi) is 11.0. The Morgan fingerprint density at radius 2 is 0.738 bits per heavy atom. The maximum atomic E-state index is 2.52. The predicted molar refractivity (Wildman–Crippen MR) is 277 cm³/mol. The van der Waals surface area contributed by atoms with Crippen molar-refractivity contribution < 1.29 is 0 Å². The molecule has 4 nitrogen and oxygen atoms in total. The van der Waals surface area contributed by atoms with Crippen molar-refractivity contribution >= 4 is 62.5 Å². The summed E-state index contributed by atoms with van der Waals surface area (Å²) in [5.41, 5.74) is 22.7. The Balaban J connectivity index is 1.21. The molecule has 0 saturated carbocycles. The van der Waals surface area contributed by atoms with Crippen molar-refractivity contribution in [1.29, 1.82) is 0 Å². The van der Waals surface area contributed by atoms with E-state index in [1.165, 1.54) is 72.6 Å². The van der Waals surface area contributed by atoms with Crippen LogP contribution in [0.3, 0.4) is 0 Å². The first-order valence-electron chi connectivity index (χ1n) is 22.9. The maximum Gasteiger partial charge on any atom is 0.0558 e. The zero-order valence-corrected chi connectivity index (χ0v) is 38.5. The van der Waals surface area contributed by atoms with E-state index in [1.807, 2.05) is 0 Å². The average Bonchev–Trinajstić information content (AvgIpc) is 3.59. The lowest BCUT2D eigenvalue weighted by Gasteiger charge is -2.34. The summed E-state index contributed by atoms with van der Waals surface area (Å²) >= 11 is 0. The van der Waals surface area contributed by atoms with E-state index in [-0.39, 0.29) is 5.92 Å². The van der Waals surface area contributed by atoms with Gasteiger partial charge in [0.2, 0.25) is 0 Å². The molecule has 1 unspecified atom stereocenters. The quantitative estimate of drug-likeness (QED) is 0.136. The third-order valence-corrected chi connectivity index (χ3v) is 12.8. The van der Waals surface area contributed by atoms with E-state index in [0.29, 0.717) is 0 Å². The molecule has 0 bridgehead atoms. The average molecular weight is 845 g/mol. The van der Waals surface area contributed by atoms with Crippen LogP contribution in [0, 0.1) is 47.5 Å². The van der Waals surface area contributed by atoms with Gasteiger partial charge in [0.1, 0.15) is 0 Å². The largest absolute Gasteiger partial charge is 0.314 e. The molecule has 1 aliphatic carbocycles. The highest BCUT2D eigenvalue weighted by Crippen LogP contribution is 2.46. The number of rotatable bonds is 10. The van der Waals surface area contributed by atoms with Gasteiger partial charge in [0.25, 0.3) is 0 Å². The van der Waals surface area contributed by atoms with Crippen molar-refractivity contribution in [2.45, 2.75) is 54.9 Å². The molecule has 1 atom stereocenters. The summed E-state index contributed by atoms with van der Waals surface area (Å²) in [6.45, 7) is 15.4. The van der Waals surface area contributed by atoms with Crippen LogP contribution in [0.1, 0.15) is 51.6 Å². The SMILES string of the molecule is Cc1cccc(N(C2=Cc3c(c4ccc(N(c5cccc(C)c5)c5cccc(C)c5)cc4n3-c3ccc(N(c4cccc(C)c4)c4cccc(C)c4)cc3)CC2C)c2cccc(C)c2)c1. The second kappa shape index (κ2) is 17.2. The molecule has 0 N–H and O–H groups in total. The van der Waals surface area contributed by atoms with Crippen LogP contribution in [-0.4, -0.2) is 4.57 Å². The van der Waals surface area contributed by atoms with Crippen molar-refractivity contribution in [2.75, 3.05) is 14.7 Å². The Morgan fingerprint density at radius 3 is 1.14 bits per heavy atom. The van der Waals surface area contributed by atoms with Crippen molar-refractivity contribution in [2.24, 2.45) is 5.92 Å². The van der Waals surface area contributed by atoms with Gasteiger partial charge in [-0.25, -0.2) is 0 Å². The standard InChI is InChI=1S/C61H56N4/c1-41-14-8-20-50(32-41)62(51-21-9-15-42(2)33-51)48-26-28-49(29-27-48)65-60-39-56(63(52-22-10-16-43(3)34-52)53-23-11-17-44(4)35-53)30-31-57(60)58-38-47(7)59(40-61(58)65)64(54-24-12-18-45(5)36-54)55-25-13-19-46(6)37-55/h8-37,39-40,47H,38H2,1-7H3. The Labute approximate surface area is 385 Å². The number of anilines is 8. The highest BCUT2D eigenvalue weighted by Gasteiger charge is 2.30. The van der Waals surface area contributed by atoms with Gasteiger partial charge < -0.3 is 19.3 Å². The fourth-order valence-electron chi connectivity index (χ4n) is 9.82. The zero-order chi connectivity index (χ0) is 44.8. The molecule has 0 saturated heterocycles. The third-order valence-electron chi connectivity index (χ3n) is 12.8. The molecule has 320 valence electrons. The first-order valence-corrected chi connectivity index (χ1v) is 22.9. The molecule has 0 spiro atoms. The van der Waals surface area contributed by atoms with Crippen molar-refractivity contribution in [3.05, 3.63) is 238 Å². The molecule has 0 aliphatic heterocycles. The summed E-state index contributed by atoms with van der Waals surface area (Å²) in [7, 11) is 0. The normalized spacial score (nSPS) is 13.3. The van der Waals surface area contributed by atoms with E-state index in [0.717, 1.165) is 46.2 Å². The van der Waals surface area contributed by atoms with Gasteiger partial charge >= 0.3 is 0 Å². The fraction of sp³-hybridized carbons (Fsp3) is 0.148. The van der Waals surface area contributed by atoms with Crippen LogP contribution in [0.2, 0.25) is 0 Å². The number of nitrogens with zero attached hydrogens (tertiary/aromatic N) is 4. The first kappa shape index (κ1) is 41.5. The minimum atomic E-state index is 0.248. The van der Waals surface area contributed by atoms with E-state index in [9.17, 15) is 0 Å². The van der Waals surface area contributed by atoms with Crippen molar-refractivity contribution in [3.8, 4) is 5.69 Å². The molecule has 0 radical (unpaired) electrons. The number of aromatic nitrogens is 1. The van der Waals surface area contributed by atoms with Crippen LogP contribution < -0.4 is 14.7 Å². The van der Waals surface area contributed by atoms with Crippen LogP contribution in [0.15, 0.2) is 194 Å². The summed E-state index contributed by atoms with van der Waals surface area (Å²) in [5.74, 6) is 0.248. The van der Waals surface area contributed by atoms with E-state index in [1.54, 1.807) is 0 Å². The van der Waals surface area contributed by atoms with Gasteiger partial charge in [-0.3, -0.25) is 0 Å². The predicted octanol–water partition coefficient (Wildman–Crippen LogP) is 16.8. The van der Waals surface area contributed by atoms with Crippen LogP contribution in [0.5, 0.6) is 0 Å². The summed E-state index contributed by atoms with van der Waals surface area (Å²) < 4.78 is 2.52. The van der Waals surface area contributed by atoms with Crippen molar-refractivity contribution in [1.82, 2.24) is 4.57 Å². The minimum Gasteiger partial charge on any atom is -0.314 e. The summed E-state index contributed by atoms with van der Waals surface area (Å²) in [6.07, 6.45) is 3.39. The van der Waals surface area contributed by atoms with E-state index in [4.69, 9.17) is 0 Å². The van der Waals surface area contributed by atoms with Gasteiger partial charge in [0, 0.05) is 68.2 Å². The van der Waals surface area contributed by atoms with Gasteiger partial charge in [-0.1, -0.05) is 85.8 Å². The summed E-state index contributed by atoms with van der Waals surface area (Å²) in [5, 5.41) is 1.28. The van der Waals surface area contributed by atoms with E-state index in [2.05, 4.69) is 262 Å². The zero-order valence-electron chi connectivity index (χ0n) is 38.5. The number of hydrogen-bond donors (Lipinski definition) is 0. The molecule has 4 heteroatoms. The van der Waals surface area contributed by atoms with E-state index >= 15 is 0 Å². The number of benzene rings is 8. The lowest BCUT2D eigenvalue weighted by molar-refractivity contribution is 0.657. The Hall–Kier alpha value is -7.56. The van der Waals surface area contributed by atoms with Gasteiger partial charge in [0.05, 0.1) is 11.2 Å². The highest BCUT2D eigenvalue weighted by atomic mass is 15.2. The number of hydrogen-bond acceptors (Lipinski definition) is 3. The van der Waals surface area contributed by atoms with Gasteiger partial charge in [0.15, 0.2) is 0 Å². The number of allylic oxidation sites excluding steroid dienone is 1. The molecule has 0 fully saturated rings. The van der Waals surface area contributed by atoms with Crippen LogP contribution in [0.25, 0.3) is 22.7 Å². The smallest absolute Gasteiger partial charge is 0.0558 e. The van der Waals surface area contributed by atoms with Crippen LogP contribution in [-0.2, 0) is 6.42 Å². The lowest BCUT2D eigenvalue weighted by atomic mass is 9.88. The lowest BCUT2D eigenvalue weighted by Crippen LogP contribution is -2.25. The molecular formula is C61H56N4. The first-order chi connectivity index (χ1) is 31.6. The molecule has 1 heterocycles. The summed E-state index contributed by atoms with van der Waals surface area (Å²) in [4.78, 5) is 7.26. The van der Waals surface area contributed by atoms with Crippen molar-refractivity contribution in [3.63, 3.8) is 0 Å². The second-order valence-corrected chi connectivity index (χ2v) is 18.1. The molecule has 1 aliphatic rings. The third kappa shape index (κ3) is 8.13. The van der Waals surface area contributed by atoms with E-state index < -0.39 is 0 Å². The van der Waals surface area contributed by atoms with Gasteiger partial charge in [-0.05, 0) is 202 Å². The molecule has 0 amide bonds. The summed E-state index contributed by atoms with van der Waals surface area (Å²) in [6, 6.07) is 69.4. The molecule has 1 aromatic heterocycles. The fourth-order valence-corrected chi connectivity index (χ4v) is 9.82. The maximum absolute atomic E-state index is 2.52. The Morgan fingerprint density at radius 1 is 0.385 bits per heavy atom. The van der Waals surface area contributed by atoms with Crippen LogP contribution in [0.4, 0.5) is 45.5 Å². The molecule has 65 heavy (non-hydrogen) atoms. The molecule has 9 aromatic rings. The topological polar surface area (TPSA) is 14.7 Å². The monoisotopic (exact) mass is 844 g/mol. The molecule has 10 rings (SSSR count). The number of fused-ring (bicyclic) bond motifs is 3. The van der Waals surface area contributed by atoms with Gasteiger partial charge in [-0.2, -0.15) is 0 Å². The molecule has 8 aromatic carbocycles. The molecular weight excluding hydrogens is 789 g/mol. The second-order valence-electron chi connectivity index (χ2n) is 18.1. The minimum absolute atomic E-state index is 0.248. The van der Waals surface area contributed by atoms with Gasteiger partial charge in [-0.15, -0.1) is 0 Å².